The molecule has 1 aliphatic heterocycles. The molecule has 0 saturated carbocycles. The first-order valence-electron chi connectivity index (χ1n) is 38.7. The molecule has 6 N–H and O–H groups in total. The first kappa shape index (κ1) is 83.4. The fourth-order valence-electron chi connectivity index (χ4n) is 12.6. The number of aliphatic hydroxyl groups is 5. The number of aliphatic hydroxyl groups excluding tert-OH is 5. The van der Waals surface area contributed by atoms with Crippen molar-refractivity contribution in [3.63, 3.8) is 0 Å². The van der Waals surface area contributed by atoms with E-state index in [2.05, 4.69) is 43.5 Å². The van der Waals surface area contributed by atoms with Gasteiger partial charge in [0.2, 0.25) is 5.91 Å². The summed E-state index contributed by atoms with van der Waals surface area (Å²) in [6.07, 6.45) is 84.4. The maximum atomic E-state index is 13.2. The van der Waals surface area contributed by atoms with Crippen LogP contribution in [0.4, 0.5) is 0 Å². The van der Waals surface area contributed by atoms with Crippen LogP contribution in [0.5, 0.6) is 0 Å². The Hall–Kier alpha value is -1.59. The lowest BCUT2D eigenvalue weighted by Gasteiger charge is -2.40. The summed E-state index contributed by atoms with van der Waals surface area (Å²) < 4.78 is 11.3. The molecule has 9 nitrogen and oxygen atoms in total. The maximum absolute atomic E-state index is 13.2. The molecule has 1 heterocycles. The van der Waals surface area contributed by atoms with Gasteiger partial charge in [-0.25, -0.2) is 0 Å². The summed E-state index contributed by atoms with van der Waals surface area (Å²) in [6.45, 7) is 3.83. The Morgan fingerprint density at radius 1 is 0.379 bits per heavy atom. The number of allylic oxidation sites excluding steroid dienone is 5. The van der Waals surface area contributed by atoms with Gasteiger partial charge in [-0.05, 0) is 57.8 Å². The van der Waals surface area contributed by atoms with Gasteiger partial charge in [-0.1, -0.05) is 371 Å². The molecule has 0 aromatic rings. The number of amides is 1. The highest BCUT2D eigenvalue weighted by atomic mass is 16.7. The van der Waals surface area contributed by atoms with Crippen LogP contribution in [0, 0.1) is 0 Å². The van der Waals surface area contributed by atoms with E-state index >= 15 is 0 Å². The van der Waals surface area contributed by atoms with E-state index in [1.54, 1.807) is 6.08 Å². The average molecular weight is 1230 g/mol. The van der Waals surface area contributed by atoms with E-state index in [0.29, 0.717) is 6.42 Å². The first-order chi connectivity index (χ1) is 42.8. The molecule has 0 aliphatic carbocycles. The van der Waals surface area contributed by atoms with Crippen LogP contribution in [0.15, 0.2) is 36.5 Å². The van der Waals surface area contributed by atoms with Gasteiger partial charge in [0.25, 0.3) is 0 Å². The highest BCUT2D eigenvalue weighted by molar-refractivity contribution is 5.76. The number of ether oxygens (including phenoxy) is 2. The standard InChI is InChI=1S/C78H149NO8/c1-3-5-7-9-11-13-15-17-19-21-23-25-27-29-31-32-33-34-35-36-37-38-39-40-42-44-46-48-50-52-54-56-58-60-62-64-66-68-74(82)79-71(70-86-78-77(85)76(84)75(83)73(69-80)87-78)72(81)67-65-63-61-59-57-55-53-51-49-47-45-43-41-30-28-26-24-22-20-18-16-14-12-10-8-6-4-2/h21,23,57,59,65,67,71-73,75-78,80-81,83-85H,3-20,22,24-56,58,60-64,66,68-70H2,1-2H3,(H,79,82)/b23-21-,59-57+,67-65+. The highest BCUT2D eigenvalue weighted by Gasteiger charge is 2.44. The second-order valence-corrected chi connectivity index (χ2v) is 27.1. The molecule has 0 aromatic carbocycles. The third kappa shape index (κ3) is 55.7. The van der Waals surface area contributed by atoms with E-state index in [-0.39, 0.29) is 12.5 Å². The van der Waals surface area contributed by atoms with E-state index < -0.39 is 49.5 Å². The molecule has 87 heavy (non-hydrogen) atoms. The molecule has 7 unspecified atom stereocenters. The van der Waals surface area contributed by atoms with Crippen molar-refractivity contribution in [1.29, 1.82) is 0 Å². The summed E-state index contributed by atoms with van der Waals surface area (Å²) >= 11 is 0. The second-order valence-electron chi connectivity index (χ2n) is 27.1. The van der Waals surface area contributed by atoms with Gasteiger partial charge in [-0.3, -0.25) is 4.79 Å². The lowest BCUT2D eigenvalue weighted by Crippen LogP contribution is -2.60. The Balaban J connectivity index is 2.08. The highest BCUT2D eigenvalue weighted by Crippen LogP contribution is 2.24. The summed E-state index contributed by atoms with van der Waals surface area (Å²) in [7, 11) is 0. The van der Waals surface area contributed by atoms with Crippen molar-refractivity contribution in [3.8, 4) is 0 Å². The minimum absolute atomic E-state index is 0.178. The van der Waals surface area contributed by atoms with E-state index in [4.69, 9.17) is 9.47 Å². The molecule has 1 rings (SSSR count). The van der Waals surface area contributed by atoms with Crippen molar-refractivity contribution in [2.75, 3.05) is 13.2 Å². The Morgan fingerprint density at radius 2 is 0.655 bits per heavy atom. The molecule has 1 amide bonds. The van der Waals surface area contributed by atoms with E-state index in [1.165, 1.54) is 340 Å². The third-order valence-electron chi connectivity index (χ3n) is 18.7. The zero-order valence-corrected chi connectivity index (χ0v) is 57.8. The molecular formula is C78H149NO8. The largest absolute Gasteiger partial charge is 0.394 e. The molecule has 0 aromatic heterocycles. The summed E-state index contributed by atoms with van der Waals surface area (Å²) in [5.74, 6) is -0.178. The number of nitrogens with one attached hydrogen (secondary N) is 1. The normalized spacial score (nSPS) is 18.1. The van der Waals surface area contributed by atoms with Crippen LogP contribution in [0.3, 0.4) is 0 Å². The Kier molecular flexibility index (Phi) is 64.5. The number of rotatable bonds is 69. The van der Waals surface area contributed by atoms with Gasteiger partial charge in [0.1, 0.15) is 24.4 Å². The average Bonchev–Trinajstić information content (AvgIpc) is 3.37. The number of hydrogen-bond acceptors (Lipinski definition) is 8. The minimum Gasteiger partial charge on any atom is -0.394 e. The van der Waals surface area contributed by atoms with Gasteiger partial charge < -0.3 is 40.3 Å². The van der Waals surface area contributed by atoms with Crippen molar-refractivity contribution in [2.45, 2.75) is 442 Å². The Morgan fingerprint density at radius 3 is 0.966 bits per heavy atom. The molecule has 0 radical (unpaired) electrons. The van der Waals surface area contributed by atoms with Gasteiger partial charge in [0.15, 0.2) is 6.29 Å². The van der Waals surface area contributed by atoms with E-state index in [1.807, 2.05) is 6.08 Å². The number of carbonyl (C=O) groups excluding carboxylic acids is 1. The number of hydrogen-bond donors (Lipinski definition) is 6. The van der Waals surface area contributed by atoms with Crippen LogP contribution in [0.1, 0.15) is 399 Å². The molecule has 0 spiro atoms. The quantitative estimate of drug-likeness (QED) is 0.0261. The summed E-state index contributed by atoms with van der Waals surface area (Å²) in [4.78, 5) is 13.2. The van der Waals surface area contributed by atoms with Crippen LogP contribution in [-0.4, -0.2) is 87.5 Å². The summed E-state index contributed by atoms with van der Waals surface area (Å²) in [5.41, 5.74) is 0. The second kappa shape index (κ2) is 67.3. The number of unbranched alkanes of at least 4 members (excludes halogenated alkanes) is 55. The smallest absolute Gasteiger partial charge is 0.220 e. The van der Waals surface area contributed by atoms with Crippen molar-refractivity contribution in [1.82, 2.24) is 5.32 Å². The van der Waals surface area contributed by atoms with Crippen molar-refractivity contribution in [3.05, 3.63) is 36.5 Å². The summed E-state index contributed by atoms with van der Waals surface area (Å²) in [5, 5.41) is 54.8. The van der Waals surface area contributed by atoms with Crippen LogP contribution in [0.2, 0.25) is 0 Å². The predicted octanol–water partition coefficient (Wildman–Crippen LogP) is 21.8. The topological polar surface area (TPSA) is 149 Å². The fraction of sp³-hybridized carbons (Fsp3) is 0.910. The Bertz CT molecular complexity index is 1470. The fourth-order valence-corrected chi connectivity index (χ4v) is 12.6. The van der Waals surface area contributed by atoms with Gasteiger partial charge in [-0.2, -0.15) is 0 Å². The van der Waals surface area contributed by atoms with Crippen molar-refractivity contribution >= 4 is 5.91 Å². The van der Waals surface area contributed by atoms with Crippen LogP contribution in [0.25, 0.3) is 0 Å². The Labute approximate surface area is 540 Å². The van der Waals surface area contributed by atoms with Gasteiger partial charge in [0, 0.05) is 6.42 Å². The van der Waals surface area contributed by atoms with Crippen LogP contribution >= 0.6 is 0 Å². The third-order valence-corrected chi connectivity index (χ3v) is 18.7. The van der Waals surface area contributed by atoms with Gasteiger partial charge in [0.05, 0.1) is 25.4 Å². The number of carbonyl (C=O) groups is 1. The lowest BCUT2D eigenvalue weighted by atomic mass is 9.99. The zero-order valence-electron chi connectivity index (χ0n) is 57.8. The minimum atomic E-state index is -1.57. The van der Waals surface area contributed by atoms with E-state index in [0.717, 1.165) is 38.5 Å². The van der Waals surface area contributed by atoms with Crippen molar-refractivity contribution in [2.24, 2.45) is 0 Å². The molecule has 1 fully saturated rings. The monoisotopic (exact) mass is 1230 g/mol. The SMILES string of the molecule is CCCCCCCCCC/C=C\CCCCCCCCCCCCCCCCCCCCCCCCCCCC(=O)NC(COC1OC(CO)C(O)C(O)C1O)C(O)/C=C/CC/C=C/CCCCCCCCCCCCCCCCCCCCCCC. The maximum Gasteiger partial charge on any atom is 0.220 e. The van der Waals surface area contributed by atoms with Crippen molar-refractivity contribution < 1.29 is 39.8 Å². The molecule has 514 valence electrons. The van der Waals surface area contributed by atoms with Crippen LogP contribution < -0.4 is 5.32 Å². The predicted molar refractivity (Wildman–Crippen MR) is 373 cm³/mol. The molecule has 7 atom stereocenters. The van der Waals surface area contributed by atoms with E-state index in [9.17, 15) is 30.3 Å². The molecule has 0 bridgehead atoms. The van der Waals surface area contributed by atoms with Crippen LogP contribution in [-0.2, 0) is 14.3 Å². The molecular weight excluding hydrogens is 1080 g/mol. The molecule has 1 aliphatic rings. The summed E-state index contributed by atoms with van der Waals surface area (Å²) in [6, 6.07) is -0.822. The first-order valence-corrected chi connectivity index (χ1v) is 38.7. The molecule has 1 saturated heterocycles. The zero-order chi connectivity index (χ0) is 62.8. The van der Waals surface area contributed by atoms with Gasteiger partial charge in [-0.15, -0.1) is 0 Å². The lowest BCUT2D eigenvalue weighted by molar-refractivity contribution is -0.302. The molecule has 9 heteroatoms. The van der Waals surface area contributed by atoms with Gasteiger partial charge >= 0.3 is 0 Å².